The van der Waals surface area contributed by atoms with Gasteiger partial charge in [-0.25, -0.2) is 0 Å². The van der Waals surface area contributed by atoms with Crippen LogP contribution in [0.3, 0.4) is 0 Å². The monoisotopic (exact) mass is 189 g/mol. The number of hydrogen-bond donors (Lipinski definition) is 1. The topological polar surface area (TPSA) is 29.1 Å². The van der Waals surface area contributed by atoms with E-state index in [-0.39, 0.29) is 6.04 Å². The fraction of sp³-hybridized carbons (Fsp3) is 0.417. The van der Waals surface area contributed by atoms with E-state index in [0.717, 1.165) is 0 Å². The first-order chi connectivity index (χ1) is 6.75. The maximum absolute atomic E-state index is 11.4. The van der Waals surface area contributed by atoms with Gasteiger partial charge in [0.15, 0.2) is 0 Å². The van der Waals surface area contributed by atoms with Gasteiger partial charge >= 0.3 is 0 Å². The van der Waals surface area contributed by atoms with Crippen LogP contribution in [-0.4, -0.2) is 11.8 Å². The Morgan fingerprint density at radius 2 is 1.93 bits per heavy atom. The lowest BCUT2D eigenvalue weighted by Gasteiger charge is -2.28. The molecule has 1 aromatic rings. The molecule has 1 aliphatic heterocycles. The lowest BCUT2D eigenvalue weighted by molar-refractivity contribution is -0.121. The summed E-state index contributed by atoms with van der Waals surface area (Å²) in [5.74, 6) is 0.366. The van der Waals surface area contributed by atoms with Gasteiger partial charge in [0.1, 0.15) is 5.78 Å². The van der Waals surface area contributed by atoms with Crippen molar-refractivity contribution in [1.82, 2.24) is 5.32 Å². The van der Waals surface area contributed by atoms with Crippen molar-refractivity contribution in [3.8, 4) is 0 Å². The number of Topliss-reactive ketones (excluding diaryl/α,β-unsaturated/α-hetero) is 1. The van der Waals surface area contributed by atoms with Crippen molar-refractivity contribution in [3.63, 3.8) is 0 Å². The molecule has 2 atom stereocenters. The van der Waals surface area contributed by atoms with E-state index >= 15 is 0 Å². The summed E-state index contributed by atoms with van der Waals surface area (Å²) in [4.78, 5) is 11.4. The predicted octanol–water partition coefficient (Wildman–Crippen LogP) is 2.07. The molecule has 0 aliphatic carbocycles. The Morgan fingerprint density at radius 3 is 2.57 bits per heavy atom. The van der Waals surface area contributed by atoms with E-state index < -0.39 is 0 Å². The lowest BCUT2D eigenvalue weighted by atomic mass is 9.93. The molecule has 0 amide bonds. The van der Waals surface area contributed by atoms with Gasteiger partial charge in [-0.15, -0.1) is 0 Å². The van der Waals surface area contributed by atoms with E-state index in [1.54, 1.807) is 0 Å². The summed E-state index contributed by atoms with van der Waals surface area (Å²) >= 11 is 0. The SMILES string of the molecule is C[C@H]1CC(=O)C[C@@H](c2ccccc2)N1. The highest BCUT2D eigenvalue weighted by Gasteiger charge is 2.24. The van der Waals surface area contributed by atoms with Crippen LogP contribution in [0.25, 0.3) is 0 Å². The van der Waals surface area contributed by atoms with Crippen molar-refractivity contribution in [2.45, 2.75) is 31.8 Å². The summed E-state index contributed by atoms with van der Waals surface area (Å²) in [5.41, 5.74) is 1.22. The lowest BCUT2D eigenvalue weighted by Crippen LogP contribution is -2.38. The summed E-state index contributed by atoms with van der Waals surface area (Å²) in [5, 5.41) is 3.44. The first-order valence-corrected chi connectivity index (χ1v) is 5.08. The highest BCUT2D eigenvalue weighted by atomic mass is 16.1. The third kappa shape index (κ3) is 2.02. The zero-order valence-electron chi connectivity index (χ0n) is 8.36. The smallest absolute Gasteiger partial charge is 0.136 e. The normalized spacial score (nSPS) is 27.6. The number of piperidine rings is 1. The molecule has 2 rings (SSSR count). The quantitative estimate of drug-likeness (QED) is 0.732. The van der Waals surface area contributed by atoms with E-state index in [0.29, 0.717) is 24.7 Å². The average Bonchev–Trinajstić information content (AvgIpc) is 2.18. The molecule has 0 bridgehead atoms. The second-order valence-electron chi connectivity index (χ2n) is 3.98. The van der Waals surface area contributed by atoms with Crippen LogP contribution in [0.2, 0.25) is 0 Å². The van der Waals surface area contributed by atoms with Crippen LogP contribution in [0, 0.1) is 0 Å². The molecular weight excluding hydrogens is 174 g/mol. The van der Waals surface area contributed by atoms with Gasteiger partial charge in [0.2, 0.25) is 0 Å². The number of rotatable bonds is 1. The third-order valence-electron chi connectivity index (χ3n) is 2.65. The molecule has 0 spiro atoms. The van der Waals surface area contributed by atoms with Gasteiger partial charge in [-0.2, -0.15) is 0 Å². The maximum atomic E-state index is 11.4. The second-order valence-corrected chi connectivity index (χ2v) is 3.98. The van der Waals surface area contributed by atoms with Gasteiger partial charge < -0.3 is 5.32 Å². The molecule has 1 heterocycles. The standard InChI is InChI=1S/C12H15NO/c1-9-7-11(14)8-12(13-9)10-5-3-2-4-6-10/h2-6,9,12-13H,7-8H2,1H3/t9-,12-/m0/s1. The summed E-state index contributed by atoms with van der Waals surface area (Å²) in [6.45, 7) is 2.06. The van der Waals surface area contributed by atoms with Crippen LogP contribution in [0.4, 0.5) is 0 Å². The Balaban J connectivity index is 2.15. The minimum atomic E-state index is 0.215. The predicted molar refractivity (Wildman–Crippen MR) is 56.0 cm³/mol. The van der Waals surface area contributed by atoms with Crippen molar-refractivity contribution < 1.29 is 4.79 Å². The zero-order valence-corrected chi connectivity index (χ0v) is 8.36. The Morgan fingerprint density at radius 1 is 1.21 bits per heavy atom. The number of hydrogen-bond acceptors (Lipinski definition) is 2. The van der Waals surface area contributed by atoms with Crippen molar-refractivity contribution >= 4 is 5.78 Å². The minimum absolute atomic E-state index is 0.215. The number of benzene rings is 1. The van der Waals surface area contributed by atoms with E-state index in [2.05, 4.69) is 24.4 Å². The van der Waals surface area contributed by atoms with Crippen LogP contribution >= 0.6 is 0 Å². The fourth-order valence-corrected chi connectivity index (χ4v) is 2.01. The van der Waals surface area contributed by atoms with Crippen LogP contribution in [0.1, 0.15) is 31.4 Å². The van der Waals surface area contributed by atoms with Crippen LogP contribution in [-0.2, 0) is 4.79 Å². The number of ketones is 1. The van der Waals surface area contributed by atoms with E-state index in [1.165, 1.54) is 5.56 Å². The molecule has 2 nitrogen and oxygen atoms in total. The van der Waals surface area contributed by atoms with Crippen LogP contribution in [0.5, 0.6) is 0 Å². The Bertz CT molecular complexity index is 320. The molecule has 0 unspecified atom stereocenters. The van der Waals surface area contributed by atoms with E-state index in [4.69, 9.17) is 0 Å². The van der Waals surface area contributed by atoms with Gasteiger partial charge in [0.05, 0.1) is 0 Å². The van der Waals surface area contributed by atoms with Crippen molar-refractivity contribution in [1.29, 1.82) is 0 Å². The number of carbonyl (C=O) groups excluding carboxylic acids is 1. The molecule has 74 valence electrons. The third-order valence-corrected chi connectivity index (χ3v) is 2.65. The maximum Gasteiger partial charge on any atom is 0.136 e. The molecule has 1 N–H and O–H groups in total. The van der Waals surface area contributed by atoms with Gasteiger partial charge in [-0.1, -0.05) is 30.3 Å². The fourth-order valence-electron chi connectivity index (χ4n) is 2.01. The highest BCUT2D eigenvalue weighted by Crippen LogP contribution is 2.22. The van der Waals surface area contributed by atoms with Crippen LogP contribution in [0.15, 0.2) is 30.3 Å². The van der Waals surface area contributed by atoms with Gasteiger partial charge in [0, 0.05) is 24.9 Å². The Kier molecular flexibility index (Phi) is 2.64. The highest BCUT2D eigenvalue weighted by molar-refractivity contribution is 5.80. The molecule has 1 aliphatic rings. The largest absolute Gasteiger partial charge is 0.307 e. The Labute approximate surface area is 84.3 Å². The molecule has 14 heavy (non-hydrogen) atoms. The second kappa shape index (κ2) is 3.93. The summed E-state index contributed by atoms with van der Waals surface area (Å²) in [7, 11) is 0. The first kappa shape index (κ1) is 9.41. The summed E-state index contributed by atoms with van der Waals surface area (Å²) < 4.78 is 0. The van der Waals surface area contributed by atoms with E-state index in [9.17, 15) is 4.79 Å². The Hall–Kier alpha value is -1.15. The van der Waals surface area contributed by atoms with Crippen molar-refractivity contribution in [3.05, 3.63) is 35.9 Å². The summed E-state index contributed by atoms with van der Waals surface area (Å²) in [6.07, 6.45) is 1.30. The molecule has 1 saturated heterocycles. The number of carbonyl (C=O) groups is 1. The van der Waals surface area contributed by atoms with Gasteiger partial charge in [-0.3, -0.25) is 4.79 Å². The first-order valence-electron chi connectivity index (χ1n) is 5.08. The zero-order chi connectivity index (χ0) is 9.97. The molecule has 2 heteroatoms. The van der Waals surface area contributed by atoms with Crippen LogP contribution < -0.4 is 5.32 Å². The summed E-state index contributed by atoms with van der Waals surface area (Å²) in [6, 6.07) is 10.7. The molecule has 0 radical (unpaired) electrons. The van der Waals surface area contributed by atoms with Crippen molar-refractivity contribution in [2.24, 2.45) is 0 Å². The molecular formula is C12H15NO. The molecule has 0 aromatic heterocycles. The van der Waals surface area contributed by atoms with Gasteiger partial charge in [-0.05, 0) is 12.5 Å². The minimum Gasteiger partial charge on any atom is -0.307 e. The molecule has 1 fully saturated rings. The van der Waals surface area contributed by atoms with Gasteiger partial charge in [0.25, 0.3) is 0 Å². The molecule has 1 aromatic carbocycles. The van der Waals surface area contributed by atoms with E-state index in [1.807, 2.05) is 18.2 Å². The average molecular weight is 189 g/mol. The molecule has 0 saturated carbocycles. The number of nitrogens with one attached hydrogen (secondary N) is 1. The van der Waals surface area contributed by atoms with Crippen molar-refractivity contribution in [2.75, 3.05) is 0 Å².